The Morgan fingerprint density at radius 1 is 0.703 bits per heavy atom. The number of ketones is 1. The van der Waals surface area contributed by atoms with Crippen molar-refractivity contribution in [3.05, 3.63) is 46.5 Å². The van der Waals surface area contributed by atoms with Crippen LogP contribution in [0.5, 0.6) is 0 Å². The van der Waals surface area contributed by atoms with E-state index < -0.39 is 103 Å². The van der Waals surface area contributed by atoms with Gasteiger partial charge < -0.3 is 10.0 Å². The number of thiol groups is 2. The fourth-order valence-electron chi connectivity index (χ4n) is 2.86. The molecule has 1 amide bonds. The molecule has 0 fully saturated rings. The van der Waals surface area contributed by atoms with E-state index in [1.807, 2.05) is 4.72 Å². The normalized spacial score (nSPS) is 13.0. The average molecular weight is 612 g/mol. The number of hydrogen-bond donors (Lipinski definition) is 5. The number of nitrogens with one attached hydrogen (secondary N) is 3. The van der Waals surface area contributed by atoms with Crippen LogP contribution in [0.2, 0.25) is 0 Å². The van der Waals surface area contributed by atoms with E-state index in [1.165, 1.54) is 7.05 Å². The molecule has 0 radical (unpaired) electrons. The van der Waals surface area contributed by atoms with Gasteiger partial charge in [0.25, 0.3) is 0 Å². The molecule has 2 aromatic carbocycles. The molecule has 0 saturated carbocycles. The van der Waals surface area contributed by atoms with Crippen LogP contribution in [0, 0.1) is 46.5 Å². The average Bonchev–Trinajstić information content (AvgIpc) is 2.87. The summed E-state index contributed by atoms with van der Waals surface area (Å²) < 4.78 is 122. The van der Waals surface area contributed by atoms with Crippen molar-refractivity contribution in [1.29, 1.82) is 0 Å². The molecule has 2 rings (SSSR count). The summed E-state index contributed by atoms with van der Waals surface area (Å²) in [5.41, 5.74) is -4.03. The van der Waals surface area contributed by atoms with E-state index >= 15 is 0 Å². The topological polar surface area (TPSA) is 70.2 Å². The Labute approximate surface area is 225 Å². The summed E-state index contributed by atoms with van der Waals surface area (Å²) in [6.45, 7) is 1.11. The number of rotatable bonds is 11. The first-order valence-corrected chi connectivity index (χ1v) is 12.7. The molecule has 0 aliphatic carbocycles. The second-order valence-corrected chi connectivity index (χ2v) is 9.69. The molecule has 204 valence electrons. The van der Waals surface area contributed by atoms with Crippen molar-refractivity contribution in [3.8, 4) is 11.1 Å². The number of carbonyl (C=O) groups excluding carboxylic acids is 2. The minimum Gasteiger partial charge on any atom is -0.308 e. The van der Waals surface area contributed by atoms with Crippen LogP contribution in [0.4, 0.5) is 35.1 Å². The summed E-state index contributed by atoms with van der Waals surface area (Å²) in [6.07, 6.45) is 0. The van der Waals surface area contributed by atoms with Crippen LogP contribution < -0.4 is 14.8 Å². The van der Waals surface area contributed by atoms with E-state index in [-0.39, 0.29) is 23.5 Å². The number of carbonyl (C=O) groups is 2. The number of halogens is 8. The lowest BCUT2D eigenvalue weighted by atomic mass is 10.0. The molecule has 3 N–H and O–H groups in total. The molecule has 0 spiro atoms. The van der Waals surface area contributed by atoms with Gasteiger partial charge in [-0.3, -0.25) is 14.3 Å². The maximum absolute atomic E-state index is 14.8. The molecular weight excluding hydrogens is 594 g/mol. The molecule has 0 unspecified atom stereocenters. The van der Waals surface area contributed by atoms with E-state index in [0.29, 0.717) is 0 Å². The molecule has 0 aliphatic rings. The lowest BCUT2D eigenvalue weighted by Gasteiger charge is -2.17. The number of hydrogen-bond acceptors (Lipinski definition) is 8. The Morgan fingerprint density at radius 2 is 1.05 bits per heavy atom. The summed E-state index contributed by atoms with van der Waals surface area (Å²) in [5, 5.41) is 2.46. The number of thioether (sulfide) groups is 2. The van der Waals surface area contributed by atoms with Crippen molar-refractivity contribution in [2.24, 2.45) is 0 Å². The SMILES string of the molecule is CN[C@@H](CSc1c(F)c(F)c(-c2c(F)c(F)c(SC[C@H](NS)C(C)=O)c(F)c2F)c(F)c1F)C(=O)NS. The van der Waals surface area contributed by atoms with Gasteiger partial charge in [0.15, 0.2) is 46.5 Å². The molecule has 0 bridgehead atoms. The number of likely N-dealkylation sites (N-methyl/N-ethyl adjacent to an activating group) is 1. The largest absolute Gasteiger partial charge is 0.308 e. The number of benzene rings is 2. The Bertz CT molecular complexity index is 1160. The molecule has 37 heavy (non-hydrogen) atoms. The molecule has 17 heteroatoms. The van der Waals surface area contributed by atoms with Crippen molar-refractivity contribution in [2.45, 2.75) is 28.8 Å². The quantitative estimate of drug-likeness (QED) is 0.111. The highest BCUT2D eigenvalue weighted by Gasteiger charge is 2.35. The maximum atomic E-state index is 14.8. The minimum atomic E-state index is -2.33. The van der Waals surface area contributed by atoms with E-state index in [0.717, 1.165) is 6.92 Å². The highest BCUT2D eigenvalue weighted by molar-refractivity contribution is 7.99. The Kier molecular flexibility index (Phi) is 11.4. The standard InChI is InChI=1S/C20H17F8N3O2S4/c1-5(32)6(30-34)3-36-18-14(25)10(21)8(11(22)15(18)26)9-12(23)16(27)19(17(28)13(9)24)37-4-7(29-2)20(33)31-35/h6-7,29-30,34-35H,3-4H2,1-2H3,(H,31,33)/t6-,7-/m0/s1. The van der Waals surface area contributed by atoms with Gasteiger partial charge in [-0.2, -0.15) is 0 Å². The summed E-state index contributed by atoms with van der Waals surface area (Å²) in [7, 11) is 1.30. The molecule has 2 atom stereocenters. The smallest absolute Gasteiger partial charge is 0.247 e. The van der Waals surface area contributed by atoms with Gasteiger partial charge in [0, 0.05) is 11.5 Å². The summed E-state index contributed by atoms with van der Waals surface area (Å²) in [4.78, 5) is 20.5. The van der Waals surface area contributed by atoms with Gasteiger partial charge >= 0.3 is 0 Å². The van der Waals surface area contributed by atoms with Crippen LogP contribution in [-0.2, 0) is 9.59 Å². The zero-order valence-electron chi connectivity index (χ0n) is 18.6. The van der Waals surface area contributed by atoms with Crippen LogP contribution in [0.15, 0.2) is 9.79 Å². The van der Waals surface area contributed by atoms with Crippen molar-refractivity contribution >= 4 is 60.8 Å². The Morgan fingerprint density at radius 3 is 1.32 bits per heavy atom. The van der Waals surface area contributed by atoms with E-state index in [4.69, 9.17) is 0 Å². The zero-order valence-corrected chi connectivity index (χ0v) is 22.0. The molecule has 0 saturated heterocycles. The predicted octanol–water partition coefficient (Wildman–Crippen LogP) is 4.59. The van der Waals surface area contributed by atoms with Crippen LogP contribution in [0.1, 0.15) is 6.92 Å². The van der Waals surface area contributed by atoms with Crippen molar-refractivity contribution in [3.63, 3.8) is 0 Å². The first-order chi connectivity index (χ1) is 17.3. The zero-order chi connectivity index (χ0) is 28.2. The lowest BCUT2D eigenvalue weighted by Crippen LogP contribution is -2.41. The van der Waals surface area contributed by atoms with Gasteiger partial charge in [-0.15, -0.1) is 23.5 Å². The van der Waals surface area contributed by atoms with Gasteiger partial charge in [0.1, 0.15) is 5.78 Å². The first kappa shape index (κ1) is 31.6. The first-order valence-electron chi connectivity index (χ1n) is 9.82. The third-order valence-corrected chi connectivity index (χ3v) is 7.73. The molecule has 0 heterocycles. The van der Waals surface area contributed by atoms with Crippen LogP contribution in [0.3, 0.4) is 0 Å². The second kappa shape index (κ2) is 13.4. The van der Waals surface area contributed by atoms with Gasteiger partial charge in [-0.05, 0) is 14.0 Å². The molecule has 0 aromatic heterocycles. The second-order valence-electron chi connectivity index (χ2n) is 7.15. The summed E-state index contributed by atoms with van der Waals surface area (Å²) >= 11 is 7.48. The fraction of sp³-hybridized carbons (Fsp3) is 0.300. The molecule has 2 aromatic rings. The molecular formula is C20H17F8N3O2S4. The van der Waals surface area contributed by atoms with Crippen LogP contribution >= 0.6 is 49.2 Å². The summed E-state index contributed by atoms with van der Waals surface area (Å²) in [5.74, 6) is -19.9. The van der Waals surface area contributed by atoms with Gasteiger partial charge in [-0.1, -0.05) is 25.6 Å². The lowest BCUT2D eigenvalue weighted by molar-refractivity contribution is -0.120. The fourth-order valence-corrected chi connectivity index (χ4v) is 5.58. The molecule has 5 nitrogen and oxygen atoms in total. The number of amides is 1. The Balaban J connectivity index is 2.60. The highest BCUT2D eigenvalue weighted by atomic mass is 32.2. The Hall–Kier alpha value is -1.66. The minimum absolute atomic E-state index is 0.147. The van der Waals surface area contributed by atoms with Crippen LogP contribution in [0.25, 0.3) is 11.1 Å². The van der Waals surface area contributed by atoms with E-state index in [9.17, 15) is 44.7 Å². The van der Waals surface area contributed by atoms with Gasteiger partial charge in [-0.25, -0.2) is 35.1 Å². The van der Waals surface area contributed by atoms with Crippen molar-refractivity contribution in [1.82, 2.24) is 14.8 Å². The van der Waals surface area contributed by atoms with Gasteiger partial charge in [0.2, 0.25) is 5.91 Å². The molecule has 0 aliphatic heterocycles. The monoisotopic (exact) mass is 611 g/mol. The van der Waals surface area contributed by atoms with Crippen molar-refractivity contribution in [2.75, 3.05) is 18.6 Å². The highest BCUT2D eigenvalue weighted by Crippen LogP contribution is 2.42. The van der Waals surface area contributed by atoms with Crippen molar-refractivity contribution < 1.29 is 44.7 Å². The van der Waals surface area contributed by atoms with Gasteiger partial charge in [0.05, 0.1) is 33.0 Å². The van der Waals surface area contributed by atoms with E-state index in [2.05, 4.69) is 35.7 Å². The summed E-state index contributed by atoms with van der Waals surface area (Å²) in [6, 6.07) is -2.20. The predicted molar refractivity (Wildman–Crippen MR) is 130 cm³/mol. The maximum Gasteiger partial charge on any atom is 0.247 e. The third kappa shape index (κ3) is 6.50. The van der Waals surface area contributed by atoms with Crippen LogP contribution in [-0.4, -0.2) is 42.3 Å². The van der Waals surface area contributed by atoms with E-state index in [1.54, 1.807) is 0 Å². The number of Topliss-reactive ketones (excluding diaryl/α,β-unsaturated/α-hetero) is 1. The third-order valence-electron chi connectivity index (χ3n) is 4.91.